The lowest BCUT2D eigenvalue weighted by atomic mass is 10.2. The summed E-state index contributed by atoms with van der Waals surface area (Å²) in [6.07, 6.45) is 1.00. The Kier molecular flexibility index (Phi) is 3.64. The Bertz CT molecular complexity index is 693. The molecule has 20 heavy (non-hydrogen) atoms. The maximum Gasteiger partial charge on any atom is 0.361 e. The molecule has 6 nitrogen and oxygen atoms in total. The van der Waals surface area contributed by atoms with Gasteiger partial charge < -0.3 is 0 Å². The average molecular weight is 282 g/mol. The van der Waals surface area contributed by atoms with E-state index in [1.165, 1.54) is 0 Å². The minimum absolute atomic E-state index is 0.0825. The van der Waals surface area contributed by atoms with Crippen molar-refractivity contribution in [3.05, 3.63) is 46.6 Å². The van der Waals surface area contributed by atoms with Crippen molar-refractivity contribution in [2.24, 2.45) is 0 Å². The third kappa shape index (κ3) is 2.58. The van der Waals surface area contributed by atoms with Crippen LogP contribution in [0.3, 0.4) is 0 Å². The molecule has 1 amide bonds. The van der Waals surface area contributed by atoms with E-state index in [-0.39, 0.29) is 5.69 Å². The second-order valence-corrected chi connectivity index (χ2v) is 4.37. The summed E-state index contributed by atoms with van der Waals surface area (Å²) in [5.41, 5.74) is -0.775. The summed E-state index contributed by atoms with van der Waals surface area (Å²) < 4.78 is 27.6. The number of aromatic amines is 1. The average Bonchev–Trinajstić information content (AvgIpc) is 2.78. The Morgan fingerprint density at radius 1 is 1.40 bits per heavy atom. The van der Waals surface area contributed by atoms with Crippen LogP contribution in [0.2, 0.25) is 0 Å². The number of nitrogens with zero attached hydrogens (tertiary/aromatic N) is 3. The second kappa shape index (κ2) is 5.24. The zero-order valence-corrected chi connectivity index (χ0v) is 10.8. The van der Waals surface area contributed by atoms with Gasteiger partial charge in [-0.3, -0.25) is 4.90 Å². The summed E-state index contributed by atoms with van der Waals surface area (Å²) in [5, 5.41) is 2.17. The summed E-state index contributed by atoms with van der Waals surface area (Å²) in [4.78, 5) is 27.7. The van der Waals surface area contributed by atoms with Crippen molar-refractivity contribution in [3.8, 4) is 0 Å². The van der Waals surface area contributed by atoms with Gasteiger partial charge in [-0.2, -0.15) is 9.67 Å². The third-order valence-electron chi connectivity index (χ3n) is 2.60. The summed E-state index contributed by atoms with van der Waals surface area (Å²) >= 11 is 0. The number of aromatic nitrogens is 3. The molecular formula is C12H12F2N4O2. The molecule has 1 aromatic carbocycles. The van der Waals surface area contributed by atoms with E-state index in [9.17, 15) is 18.4 Å². The SMILES string of the molecule is CC(C)N(C(=O)n1cnc(=O)[nH]1)c1ccc(F)cc1F. The van der Waals surface area contributed by atoms with Gasteiger partial charge in [0.15, 0.2) is 0 Å². The van der Waals surface area contributed by atoms with Crippen molar-refractivity contribution in [2.45, 2.75) is 19.9 Å². The maximum atomic E-state index is 13.8. The van der Waals surface area contributed by atoms with Crippen LogP contribution in [0.5, 0.6) is 0 Å². The van der Waals surface area contributed by atoms with Crippen molar-refractivity contribution in [3.63, 3.8) is 0 Å². The highest BCUT2D eigenvalue weighted by Gasteiger charge is 2.24. The zero-order valence-electron chi connectivity index (χ0n) is 10.8. The topological polar surface area (TPSA) is 71.0 Å². The summed E-state index contributed by atoms with van der Waals surface area (Å²) in [6, 6.07) is 1.80. The standard InChI is InChI=1S/C12H12F2N4O2/c1-7(2)18(10-4-3-8(13)5-9(10)14)12(20)17-6-15-11(19)16-17/h3-7H,1-2H3,(H,16,19). The molecule has 1 N–H and O–H groups in total. The lowest BCUT2D eigenvalue weighted by Gasteiger charge is -2.26. The van der Waals surface area contributed by atoms with E-state index in [4.69, 9.17) is 0 Å². The van der Waals surface area contributed by atoms with Crippen LogP contribution in [-0.4, -0.2) is 26.8 Å². The van der Waals surface area contributed by atoms with Crippen LogP contribution in [0.1, 0.15) is 13.8 Å². The highest BCUT2D eigenvalue weighted by Crippen LogP contribution is 2.23. The monoisotopic (exact) mass is 282 g/mol. The van der Waals surface area contributed by atoms with Gasteiger partial charge in [-0.15, -0.1) is 0 Å². The Morgan fingerprint density at radius 3 is 2.60 bits per heavy atom. The van der Waals surface area contributed by atoms with Crippen LogP contribution in [0, 0.1) is 11.6 Å². The molecule has 0 aliphatic carbocycles. The number of carbonyl (C=O) groups excluding carboxylic acids is 1. The Hall–Kier alpha value is -2.51. The Balaban J connectivity index is 2.46. The number of H-pyrrole nitrogens is 1. The van der Waals surface area contributed by atoms with Gasteiger partial charge in [-0.25, -0.2) is 23.5 Å². The molecule has 1 aromatic heterocycles. The number of halogens is 2. The summed E-state index contributed by atoms with van der Waals surface area (Å²) in [6.45, 7) is 3.32. The second-order valence-electron chi connectivity index (χ2n) is 4.37. The normalized spacial score (nSPS) is 10.8. The molecule has 2 rings (SSSR count). The van der Waals surface area contributed by atoms with Gasteiger partial charge in [0, 0.05) is 12.1 Å². The van der Waals surface area contributed by atoms with Crippen LogP contribution in [0.25, 0.3) is 0 Å². The lowest BCUT2D eigenvalue weighted by Crippen LogP contribution is -2.41. The number of rotatable bonds is 2. The van der Waals surface area contributed by atoms with Gasteiger partial charge in [0.2, 0.25) is 0 Å². The number of hydrogen-bond donors (Lipinski definition) is 1. The van der Waals surface area contributed by atoms with Gasteiger partial charge in [0.25, 0.3) is 0 Å². The number of carbonyl (C=O) groups is 1. The van der Waals surface area contributed by atoms with Gasteiger partial charge in [0.1, 0.15) is 18.0 Å². The molecule has 0 aliphatic heterocycles. The Labute approximate surface area is 112 Å². The van der Waals surface area contributed by atoms with Crippen molar-refractivity contribution < 1.29 is 13.6 Å². The quantitative estimate of drug-likeness (QED) is 0.911. The molecule has 0 saturated carbocycles. The van der Waals surface area contributed by atoms with Crippen molar-refractivity contribution in [2.75, 3.05) is 4.90 Å². The van der Waals surface area contributed by atoms with Gasteiger partial charge in [0.05, 0.1) is 5.69 Å². The number of hydrogen-bond acceptors (Lipinski definition) is 3. The molecule has 2 aromatic rings. The van der Waals surface area contributed by atoms with Gasteiger partial charge >= 0.3 is 11.7 Å². The van der Waals surface area contributed by atoms with Crippen molar-refractivity contribution >= 4 is 11.7 Å². The van der Waals surface area contributed by atoms with E-state index in [0.717, 1.165) is 28.0 Å². The fraction of sp³-hybridized carbons (Fsp3) is 0.250. The smallest absolute Gasteiger partial charge is 0.287 e. The van der Waals surface area contributed by atoms with Crippen LogP contribution >= 0.6 is 0 Å². The van der Waals surface area contributed by atoms with Crippen LogP contribution in [0.15, 0.2) is 29.3 Å². The van der Waals surface area contributed by atoms with Crippen molar-refractivity contribution in [1.82, 2.24) is 14.8 Å². The first-order chi connectivity index (χ1) is 9.40. The minimum Gasteiger partial charge on any atom is -0.287 e. The van der Waals surface area contributed by atoms with Crippen LogP contribution < -0.4 is 10.6 Å². The number of benzene rings is 1. The molecular weight excluding hydrogens is 270 g/mol. The number of amides is 1. The third-order valence-corrected chi connectivity index (χ3v) is 2.60. The van der Waals surface area contributed by atoms with E-state index >= 15 is 0 Å². The largest absolute Gasteiger partial charge is 0.361 e. The maximum absolute atomic E-state index is 13.8. The van der Waals surface area contributed by atoms with E-state index in [0.29, 0.717) is 6.07 Å². The van der Waals surface area contributed by atoms with Crippen LogP contribution in [0.4, 0.5) is 19.3 Å². The lowest BCUT2D eigenvalue weighted by molar-refractivity contribution is 0.243. The molecule has 0 aliphatic rings. The Morgan fingerprint density at radius 2 is 2.10 bits per heavy atom. The first-order valence-corrected chi connectivity index (χ1v) is 5.82. The molecule has 0 unspecified atom stereocenters. The van der Waals surface area contributed by atoms with E-state index in [2.05, 4.69) is 10.1 Å². The molecule has 0 fully saturated rings. The predicted molar refractivity (Wildman–Crippen MR) is 67.6 cm³/mol. The number of anilines is 1. The first-order valence-electron chi connectivity index (χ1n) is 5.82. The van der Waals surface area contributed by atoms with Crippen LogP contribution in [-0.2, 0) is 0 Å². The molecule has 106 valence electrons. The molecule has 0 atom stereocenters. The van der Waals surface area contributed by atoms with Gasteiger partial charge in [-0.1, -0.05) is 0 Å². The highest BCUT2D eigenvalue weighted by atomic mass is 19.1. The molecule has 8 heteroatoms. The van der Waals surface area contributed by atoms with E-state index in [1.807, 2.05) is 0 Å². The molecule has 0 bridgehead atoms. The predicted octanol–water partition coefficient (Wildman–Crippen LogP) is 1.73. The molecule has 0 saturated heterocycles. The molecule has 0 spiro atoms. The molecule has 1 heterocycles. The zero-order chi connectivity index (χ0) is 14.9. The van der Waals surface area contributed by atoms with Crippen molar-refractivity contribution in [1.29, 1.82) is 0 Å². The van der Waals surface area contributed by atoms with E-state index in [1.54, 1.807) is 13.8 Å². The number of nitrogens with one attached hydrogen (secondary N) is 1. The summed E-state index contributed by atoms with van der Waals surface area (Å²) in [7, 11) is 0. The fourth-order valence-electron chi connectivity index (χ4n) is 1.76. The summed E-state index contributed by atoms with van der Waals surface area (Å²) in [5.74, 6) is -1.60. The first kappa shape index (κ1) is 13.9. The molecule has 0 radical (unpaired) electrons. The van der Waals surface area contributed by atoms with Gasteiger partial charge in [-0.05, 0) is 26.0 Å². The minimum atomic E-state index is -0.866. The fourth-order valence-corrected chi connectivity index (χ4v) is 1.76. The highest BCUT2D eigenvalue weighted by molar-refractivity contribution is 5.93. The van der Waals surface area contributed by atoms with E-state index < -0.39 is 29.4 Å².